The van der Waals surface area contributed by atoms with Crippen LogP contribution in [0.1, 0.15) is 25.0 Å². The normalized spacial score (nSPS) is 14.0. The largest absolute Gasteiger partial charge is 0.505 e. The summed E-state index contributed by atoms with van der Waals surface area (Å²) in [6.45, 7) is 4.59. The lowest BCUT2D eigenvalue weighted by atomic mass is 10.0. The van der Waals surface area contributed by atoms with Crippen LogP contribution < -0.4 is 5.32 Å². The second kappa shape index (κ2) is 7.00. The van der Waals surface area contributed by atoms with Crippen molar-refractivity contribution in [3.05, 3.63) is 21.7 Å². The van der Waals surface area contributed by atoms with Crippen molar-refractivity contribution in [1.82, 2.24) is 4.90 Å². The summed E-state index contributed by atoms with van der Waals surface area (Å²) in [7, 11) is 0. The van der Waals surface area contributed by atoms with Crippen LogP contribution in [0, 0.1) is 0 Å². The SMILES string of the molecule is CCOC(=O)N1CCc2cc(NC(C)=O)c(O)c(Br)c2CC1. The van der Waals surface area contributed by atoms with E-state index in [0.717, 1.165) is 11.1 Å². The van der Waals surface area contributed by atoms with Gasteiger partial charge in [-0.2, -0.15) is 0 Å². The van der Waals surface area contributed by atoms with E-state index in [-0.39, 0.29) is 17.7 Å². The molecule has 2 N–H and O–H groups in total. The molecule has 0 saturated carbocycles. The number of ether oxygens (including phenoxy) is 1. The Labute approximate surface area is 137 Å². The van der Waals surface area contributed by atoms with Crippen molar-refractivity contribution in [2.45, 2.75) is 26.7 Å². The highest BCUT2D eigenvalue weighted by Crippen LogP contribution is 2.38. The minimum atomic E-state index is -0.322. The van der Waals surface area contributed by atoms with E-state index in [4.69, 9.17) is 4.74 Å². The van der Waals surface area contributed by atoms with Crippen molar-refractivity contribution in [1.29, 1.82) is 0 Å². The van der Waals surface area contributed by atoms with Crippen molar-refractivity contribution in [3.8, 4) is 5.75 Å². The minimum Gasteiger partial charge on any atom is -0.505 e. The number of phenols is 1. The summed E-state index contributed by atoms with van der Waals surface area (Å²) in [5.74, 6) is -0.234. The monoisotopic (exact) mass is 370 g/mol. The maximum absolute atomic E-state index is 11.9. The lowest BCUT2D eigenvalue weighted by Gasteiger charge is -2.18. The van der Waals surface area contributed by atoms with Gasteiger partial charge in [-0.25, -0.2) is 4.79 Å². The molecule has 0 spiro atoms. The van der Waals surface area contributed by atoms with Crippen molar-refractivity contribution in [3.63, 3.8) is 0 Å². The van der Waals surface area contributed by atoms with Gasteiger partial charge in [0.2, 0.25) is 5.91 Å². The fourth-order valence-corrected chi connectivity index (χ4v) is 3.19. The first-order valence-electron chi connectivity index (χ1n) is 7.16. The van der Waals surface area contributed by atoms with Crippen LogP contribution in [0.25, 0.3) is 0 Å². The second-order valence-corrected chi connectivity index (χ2v) is 5.88. The molecule has 0 aromatic heterocycles. The number of benzene rings is 1. The highest BCUT2D eigenvalue weighted by Gasteiger charge is 2.23. The summed E-state index contributed by atoms with van der Waals surface area (Å²) in [5.41, 5.74) is 2.33. The number of hydrogen-bond acceptors (Lipinski definition) is 4. The predicted molar refractivity (Wildman–Crippen MR) is 86.1 cm³/mol. The van der Waals surface area contributed by atoms with Gasteiger partial charge in [-0.1, -0.05) is 0 Å². The van der Waals surface area contributed by atoms with Crippen LogP contribution in [0.15, 0.2) is 10.5 Å². The van der Waals surface area contributed by atoms with Crippen molar-refractivity contribution < 1.29 is 19.4 Å². The number of phenolic OH excluding ortho intramolecular Hbond substituents is 1. The fourth-order valence-electron chi connectivity index (χ4n) is 2.52. The molecule has 0 radical (unpaired) electrons. The van der Waals surface area contributed by atoms with Crippen LogP contribution >= 0.6 is 15.9 Å². The Morgan fingerprint density at radius 1 is 1.41 bits per heavy atom. The maximum atomic E-state index is 11.9. The van der Waals surface area contributed by atoms with E-state index in [1.807, 2.05) is 0 Å². The fraction of sp³-hybridized carbons (Fsp3) is 0.467. The number of nitrogens with one attached hydrogen (secondary N) is 1. The summed E-state index contributed by atoms with van der Waals surface area (Å²) < 4.78 is 5.60. The van der Waals surface area contributed by atoms with Gasteiger partial charge in [0.1, 0.15) is 0 Å². The Kier molecular flexibility index (Phi) is 5.28. The van der Waals surface area contributed by atoms with Gasteiger partial charge in [0, 0.05) is 20.0 Å². The molecular weight excluding hydrogens is 352 g/mol. The van der Waals surface area contributed by atoms with Crippen molar-refractivity contribution in [2.24, 2.45) is 0 Å². The topological polar surface area (TPSA) is 78.9 Å². The molecule has 2 rings (SSSR count). The zero-order valence-electron chi connectivity index (χ0n) is 12.6. The number of hydrogen-bond donors (Lipinski definition) is 2. The molecule has 22 heavy (non-hydrogen) atoms. The molecule has 1 heterocycles. The molecule has 0 unspecified atom stereocenters. The number of rotatable bonds is 2. The van der Waals surface area contributed by atoms with E-state index in [9.17, 15) is 14.7 Å². The van der Waals surface area contributed by atoms with E-state index in [1.54, 1.807) is 17.9 Å². The number of carbonyl (C=O) groups excluding carboxylic acids is 2. The second-order valence-electron chi connectivity index (χ2n) is 5.09. The number of fused-ring (bicyclic) bond motifs is 1. The first-order chi connectivity index (χ1) is 10.4. The van der Waals surface area contributed by atoms with E-state index in [0.29, 0.717) is 42.7 Å². The van der Waals surface area contributed by atoms with Gasteiger partial charge >= 0.3 is 6.09 Å². The van der Waals surface area contributed by atoms with Gasteiger partial charge < -0.3 is 20.1 Å². The highest BCUT2D eigenvalue weighted by atomic mass is 79.9. The van der Waals surface area contributed by atoms with Crippen molar-refractivity contribution >= 4 is 33.6 Å². The molecular formula is C15H19BrN2O4. The van der Waals surface area contributed by atoms with Crippen LogP contribution in [-0.2, 0) is 22.4 Å². The van der Waals surface area contributed by atoms with Gasteiger partial charge in [-0.05, 0) is 52.9 Å². The number of carbonyl (C=O) groups is 2. The molecule has 0 saturated heterocycles. The van der Waals surface area contributed by atoms with E-state index in [2.05, 4.69) is 21.2 Å². The van der Waals surface area contributed by atoms with Crippen LogP contribution in [0.3, 0.4) is 0 Å². The molecule has 0 bridgehead atoms. The lowest BCUT2D eigenvalue weighted by molar-refractivity contribution is -0.114. The van der Waals surface area contributed by atoms with Crippen LogP contribution in [0.4, 0.5) is 10.5 Å². The molecule has 2 amide bonds. The van der Waals surface area contributed by atoms with Crippen LogP contribution in [-0.4, -0.2) is 41.7 Å². The van der Waals surface area contributed by atoms with Gasteiger partial charge in [-0.15, -0.1) is 0 Å². The van der Waals surface area contributed by atoms with Gasteiger partial charge in [0.05, 0.1) is 16.8 Å². The Morgan fingerprint density at radius 3 is 2.73 bits per heavy atom. The molecule has 6 nitrogen and oxygen atoms in total. The predicted octanol–water partition coefficient (Wildman–Crippen LogP) is 2.67. The molecule has 0 atom stereocenters. The average Bonchev–Trinajstić information content (AvgIpc) is 2.67. The summed E-state index contributed by atoms with van der Waals surface area (Å²) >= 11 is 3.39. The molecule has 0 aliphatic carbocycles. The Balaban J connectivity index is 2.27. The maximum Gasteiger partial charge on any atom is 0.409 e. The number of nitrogens with zero attached hydrogens (tertiary/aromatic N) is 1. The summed E-state index contributed by atoms with van der Waals surface area (Å²) in [4.78, 5) is 24.7. The van der Waals surface area contributed by atoms with E-state index >= 15 is 0 Å². The molecule has 7 heteroatoms. The summed E-state index contributed by atoms with van der Waals surface area (Å²) in [5, 5.41) is 12.8. The molecule has 1 aliphatic heterocycles. The Bertz CT molecular complexity index is 604. The van der Waals surface area contributed by atoms with Gasteiger partial charge in [0.15, 0.2) is 5.75 Å². The molecule has 0 fully saturated rings. The van der Waals surface area contributed by atoms with Crippen molar-refractivity contribution in [2.75, 3.05) is 25.0 Å². The first-order valence-corrected chi connectivity index (χ1v) is 7.95. The molecule has 1 aromatic rings. The smallest absolute Gasteiger partial charge is 0.409 e. The summed E-state index contributed by atoms with van der Waals surface area (Å²) in [6, 6.07) is 1.77. The third-order valence-electron chi connectivity index (χ3n) is 3.55. The van der Waals surface area contributed by atoms with Gasteiger partial charge in [0.25, 0.3) is 0 Å². The first kappa shape index (κ1) is 16.6. The Morgan fingerprint density at radius 2 is 2.09 bits per heavy atom. The molecule has 1 aliphatic rings. The zero-order chi connectivity index (χ0) is 16.3. The van der Waals surface area contributed by atoms with E-state index in [1.165, 1.54) is 6.92 Å². The standard InChI is InChI=1S/C15H19BrN2O4/c1-3-22-15(21)18-6-4-10-8-12(17-9(2)19)14(20)13(16)11(10)5-7-18/h8,20H,3-7H2,1-2H3,(H,17,19). The molecule has 1 aromatic carbocycles. The number of aromatic hydroxyl groups is 1. The zero-order valence-corrected chi connectivity index (χ0v) is 14.2. The van der Waals surface area contributed by atoms with Crippen LogP contribution in [0.5, 0.6) is 5.75 Å². The van der Waals surface area contributed by atoms with Gasteiger partial charge in [-0.3, -0.25) is 4.79 Å². The third kappa shape index (κ3) is 3.52. The van der Waals surface area contributed by atoms with Crippen LogP contribution in [0.2, 0.25) is 0 Å². The number of anilines is 1. The summed E-state index contributed by atoms with van der Waals surface area (Å²) in [6.07, 6.45) is 0.931. The average molecular weight is 371 g/mol. The Hall–Kier alpha value is -1.76. The van der Waals surface area contributed by atoms with E-state index < -0.39 is 0 Å². The number of amides is 2. The molecule has 120 valence electrons. The quantitative estimate of drug-likeness (QED) is 0.784. The number of halogens is 1. The minimum absolute atomic E-state index is 0.0125. The third-order valence-corrected chi connectivity index (χ3v) is 4.41. The lowest BCUT2D eigenvalue weighted by Crippen LogP contribution is -2.33. The highest BCUT2D eigenvalue weighted by molar-refractivity contribution is 9.10.